The molecule has 0 heterocycles. The maximum atomic E-state index is 13.0. The molecule has 0 bridgehead atoms. The van der Waals surface area contributed by atoms with Gasteiger partial charge in [-0.2, -0.15) is 0 Å². The first-order chi connectivity index (χ1) is 7.39. The van der Waals surface area contributed by atoms with Gasteiger partial charge >= 0.3 is 5.97 Å². The van der Waals surface area contributed by atoms with Crippen molar-refractivity contribution < 1.29 is 28.5 Å². The molecule has 0 aromatic heterocycles. The summed E-state index contributed by atoms with van der Waals surface area (Å²) in [5.74, 6) is -3.62. The molecule has 0 spiro atoms. The number of unbranched alkanes of at least 4 members (excludes halogenated alkanes) is 4. The molecule has 3 N–H and O–H groups in total. The molecule has 0 fully saturated rings. The van der Waals surface area contributed by atoms with E-state index in [1.54, 1.807) is 0 Å². The van der Waals surface area contributed by atoms with Crippen LogP contribution in [0.3, 0.4) is 0 Å². The second kappa shape index (κ2) is 7.86. The molecule has 0 aliphatic carbocycles. The fraction of sp³-hybridized carbons (Fsp3) is 1.00. The Morgan fingerprint density at radius 1 is 0.875 bits per heavy atom. The van der Waals surface area contributed by atoms with Gasteiger partial charge in [0.25, 0.3) is 0 Å². The average molecular weight is 244 g/mol. The van der Waals surface area contributed by atoms with Crippen molar-refractivity contribution in [1.29, 1.82) is 0 Å². The van der Waals surface area contributed by atoms with Crippen LogP contribution in [0.4, 0.5) is 13.2 Å². The minimum absolute atomic E-state index is 0.194. The first-order valence-corrected chi connectivity index (χ1v) is 5.40. The normalized spacial score (nSPS) is 16.1. The largest absolute Gasteiger partial charge is 0.341 e. The van der Waals surface area contributed by atoms with Gasteiger partial charge in [-0.25, -0.2) is 8.78 Å². The van der Waals surface area contributed by atoms with Crippen LogP contribution in [0.1, 0.15) is 38.5 Å². The molecule has 0 radical (unpaired) electrons. The predicted octanol–water partition coefficient (Wildman–Crippen LogP) is 1.60. The summed E-state index contributed by atoms with van der Waals surface area (Å²) in [7, 11) is 0. The number of rotatable bonds is 9. The third-order valence-corrected chi connectivity index (χ3v) is 2.30. The fourth-order valence-electron chi connectivity index (χ4n) is 1.35. The zero-order chi connectivity index (χ0) is 12.6. The Kier molecular flexibility index (Phi) is 7.70. The smallest absolute Gasteiger partial charge is 0.311 e. The van der Waals surface area contributed by atoms with Gasteiger partial charge in [-0.05, 0) is 12.8 Å². The van der Waals surface area contributed by atoms with E-state index in [0.717, 1.165) is 6.42 Å². The molecule has 3 nitrogen and oxygen atoms in total. The monoisotopic (exact) mass is 244 g/mol. The van der Waals surface area contributed by atoms with Crippen molar-refractivity contribution in [1.82, 2.24) is 0 Å². The molecule has 2 atom stereocenters. The zero-order valence-electron chi connectivity index (χ0n) is 9.08. The van der Waals surface area contributed by atoms with Crippen LogP contribution >= 0.6 is 0 Å². The van der Waals surface area contributed by atoms with Gasteiger partial charge in [-0.15, -0.1) is 0 Å². The second-order valence-corrected chi connectivity index (χ2v) is 3.85. The topological polar surface area (TPSA) is 60.7 Å². The summed E-state index contributed by atoms with van der Waals surface area (Å²) in [6, 6.07) is 0. The average Bonchev–Trinajstić information content (AvgIpc) is 2.20. The van der Waals surface area contributed by atoms with Gasteiger partial charge in [-0.3, -0.25) is 4.39 Å². The number of aliphatic hydroxyl groups is 3. The van der Waals surface area contributed by atoms with Crippen molar-refractivity contribution in [3.63, 3.8) is 0 Å². The summed E-state index contributed by atoms with van der Waals surface area (Å²) in [4.78, 5) is 0. The van der Waals surface area contributed by atoms with Crippen LogP contribution in [0.2, 0.25) is 0 Å². The number of halogens is 3. The molecule has 0 amide bonds. The van der Waals surface area contributed by atoms with Gasteiger partial charge in [0, 0.05) is 0 Å². The van der Waals surface area contributed by atoms with Gasteiger partial charge in [-0.1, -0.05) is 25.7 Å². The lowest BCUT2D eigenvalue weighted by Crippen LogP contribution is -2.44. The SMILES string of the molecule is OC(O)(O)C(F)C(F)CCCCCCCF. The highest BCUT2D eigenvalue weighted by Crippen LogP contribution is 2.19. The van der Waals surface area contributed by atoms with Gasteiger partial charge in [0.15, 0.2) is 0 Å². The van der Waals surface area contributed by atoms with E-state index in [4.69, 9.17) is 15.3 Å². The molecule has 16 heavy (non-hydrogen) atoms. The lowest BCUT2D eigenvalue weighted by Gasteiger charge is -2.21. The zero-order valence-corrected chi connectivity index (χ0v) is 9.08. The lowest BCUT2D eigenvalue weighted by molar-refractivity contribution is -0.349. The highest BCUT2D eigenvalue weighted by atomic mass is 19.2. The van der Waals surface area contributed by atoms with E-state index in [9.17, 15) is 13.2 Å². The van der Waals surface area contributed by atoms with E-state index in [2.05, 4.69) is 0 Å². The standard InChI is InChI=1S/C10H19F3O3/c11-7-5-3-1-2-4-6-8(12)9(13)10(14,15)16/h8-9,14-16H,1-7H2. The Labute approximate surface area is 92.9 Å². The third kappa shape index (κ3) is 7.03. The molecule has 0 saturated heterocycles. The Morgan fingerprint density at radius 2 is 1.38 bits per heavy atom. The van der Waals surface area contributed by atoms with Crippen LogP contribution in [-0.4, -0.2) is 40.3 Å². The van der Waals surface area contributed by atoms with Crippen LogP contribution in [-0.2, 0) is 0 Å². The molecule has 0 aliphatic rings. The molecule has 98 valence electrons. The van der Waals surface area contributed by atoms with Crippen LogP contribution in [0.5, 0.6) is 0 Å². The Bertz CT molecular complexity index is 173. The Balaban J connectivity index is 3.54. The van der Waals surface area contributed by atoms with Crippen LogP contribution in [0, 0.1) is 0 Å². The second-order valence-electron chi connectivity index (χ2n) is 3.85. The first kappa shape index (κ1) is 15.7. The summed E-state index contributed by atoms with van der Waals surface area (Å²) in [5, 5.41) is 25.2. The molecule has 0 aromatic rings. The molecule has 2 unspecified atom stereocenters. The Hall–Kier alpha value is -0.330. The lowest BCUT2D eigenvalue weighted by atomic mass is 10.1. The highest BCUT2D eigenvalue weighted by molar-refractivity contribution is 4.74. The van der Waals surface area contributed by atoms with Crippen molar-refractivity contribution in [2.24, 2.45) is 0 Å². The van der Waals surface area contributed by atoms with Crippen LogP contribution < -0.4 is 0 Å². The molecule has 0 aromatic carbocycles. The number of hydrogen-bond acceptors (Lipinski definition) is 3. The number of hydrogen-bond donors (Lipinski definition) is 3. The van der Waals surface area contributed by atoms with E-state index >= 15 is 0 Å². The Morgan fingerprint density at radius 3 is 1.88 bits per heavy atom. The molecular weight excluding hydrogens is 225 g/mol. The summed E-state index contributed by atoms with van der Waals surface area (Å²) in [6.07, 6.45) is -2.13. The van der Waals surface area contributed by atoms with Gasteiger partial charge < -0.3 is 15.3 Å². The molecular formula is C10H19F3O3. The van der Waals surface area contributed by atoms with E-state index in [1.807, 2.05) is 0 Å². The summed E-state index contributed by atoms with van der Waals surface area (Å²) >= 11 is 0. The highest BCUT2D eigenvalue weighted by Gasteiger charge is 2.39. The van der Waals surface area contributed by atoms with Crippen LogP contribution in [0.15, 0.2) is 0 Å². The van der Waals surface area contributed by atoms with Crippen molar-refractivity contribution in [3.05, 3.63) is 0 Å². The fourth-order valence-corrected chi connectivity index (χ4v) is 1.35. The maximum Gasteiger partial charge on any atom is 0.311 e. The molecule has 0 aliphatic heterocycles. The van der Waals surface area contributed by atoms with E-state index < -0.39 is 18.3 Å². The van der Waals surface area contributed by atoms with Crippen molar-refractivity contribution in [2.45, 2.75) is 56.8 Å². The van der Waals surface area contributed by atoms with Gasteiger partial charge in [0.05, 0.1) is 6.67 Å². The molecule has 6 heteroatoms. The summed E-state index contributed by atoms with van der Waals surface area (Å²) < 4.78 is 37.4. The third-order valence-electron chi connectivity index (χ3n) is 2.30. The van der Waals surface area contributed by atoms with Crippen molar-refractivity contribution >= 4 is 0 Å². The summed E-state index contributed by atoms with van der Waals surface area (Å²) in [5.41, 5.74) is 0. The van der Waals surface area contributed by atoms with E-state index in [1.165, 1.54) is 0 Å². The minimum atomic E-state index is -3.62. The van der Waals surface area contributed by atoms with Crippen LogP contribution in [0.25, 0.3) is 0 Å². The van der Waals surface area contributed by atoms with Crippen molar-refractivity contribution in [3.8, 4) is 0 Å². The maximum absolute atomic E-state index is 13.0. The summed E-state index contributed by atoms with van der Waals surface area (Å²) in [6.45, 7) is -0.375. The first-order valence-electron chi connectivity index (χ1n) is 5.40. The minimum Gasteiger partial charge on any atom is -0.341 e. The van der Waals surface area contributed by atoms with Crippen molar-refractivity contribution in [2.75, 3.05) is 6.67 Å². The molecule has 0 rings (SSSR count). The van der Waals surface area contributed by atoms with Gasteiger partial charge in [0.1, 0.15) is 6.17 Å². The molecule has 0 saturated carbocycles. The quantitative estimate of drug-likeness (QED) is 0.426. The predicted molar refractivity (Wildman–Crippen MR) is 52.9 cm³/mol. The number of alkyl halides is 3. The van der Waals surface area contributed by atoms with E-state index in [-0.39, 0.29) is 13.1 Å². The van der Waals surface area contributed by atoms with Gasteiger partial charge in [0.2, 0.25) is 6.17 Å². The van der Waals surface area contributed by atoms with E-state index in [0.29, 0.717) is 25.7 Å².